The fourth-order valence-electron chi connectivity index (χ4n) is 1.76. The van der Waals surface area contributed by atoms with Gasteiger partial charge < -0.3 is 5.32 Å². The zero-order valence-electron chi connectivity index (χ0n) is 10.8. The molecular weight excluding hydrogens is 284 g/mol. The van der Waals surface area contributed by atoms with Gasteiger partial charge in [-0.05, 0) is 52.7 Å². The number of hydrogen-bond acceptors (Lipinski definition) is 5. The van der Waals surface area contributed by atoms with Crippen molar-refractivity contribution < 1.29 is 8.78 Å². The highest BCUT2D eigenvalue weighted by Crippen LogP contribution is 2.31. The molecule has 0 amide bonds. The second-order valence-corrected chi connectivity index (χ2v) is 5.71. The maximum atomic E-state index is 14.0. The molecule has 0 atom stereocenters. The fraction of sp³-hybridized carbons (Fsp3) is 0.417. The lowest BCUT2D eigenvalue weighted by atomic mass is 10.2. The normalized spacial score (nSPS) is 14.8. The van der Waals surface area contributed by atoms with Crippen molar-refractivity contribution in [1.82, 2.24) is 25.5 Å². The summed E-state index contributed by atoms with van der Waals surface area (Å²) in [5.74, 6) is -1.18. The monoisotopic (exact) mass is 297 g/mol. The predicted molar refractivity (Wildman–Crippen MR) is 69.1 cm³/mol. The van der Waals surface area contributed by atoms with Crippen LogP contribution >= 0.6 is 11.8 Å². The van der Waals surface area contributed by atoms with Crippen LogP contribution < -0.4 is 5.32 Å². The number of nitrogens with zero attached hydrogens (tertiary/aromatic N) is 4. The summed E-state index contributed by atoms with van der Waals surface area (Å²) in [7, 11) is 1.62. The first-order valence-electron chi connectivity index (χ1n) is 6.25. The predicted octanol–water partition coefficient (Wildman–Crippen LogP) is 1.89. The van der Waals surface area contributed by atoms with Crippen LogP contribution in [0.2, 0.25) is 0 Å². The van der Waals surface area contributed by atoms with Gasteiger partial charge in [-0.25, -0.2) is 13.5 Å². The summed E-state index contributed by atoms with van der Waals surface area (Å²) in [5.41, 5.74) is 0.604. The van der Waals surface area contributed by atoms with Gasteiger partial charge in [-0.3, -0.25) is 0 Å². The van der Waals surface area contributed by atoms with Gasteiger partial charge >= 0.3 is 0 Å². The molecule has 0 radical (unpaired) electrons. The summed E-state index contributed by atoms with van der Waals surface area (Å²) in [6.45, 7) is 0.481. The van der Waals surface area contributed by atoms with Crippen molar-refractivity contribution >= 4 is 11.8 Å². The highest BCUT2D eigenvalue weighted by molar-refractivity contribution is 7.99. The molecule has 106 valence electrons. The Balaban J connectivity index is 1.78. The Labute approximate surface area is 118 Å². The summed E-state index contributed by atoms with van der Waals surface area (Å²) in [4.78, 5) is -0.0851. The quantitative estimate of drug-likeness (QED) is 0.913. The zero-order chi connectivity index (χ0) is 14.1. The van der Waals surface area contributed by atoms with E-state index in [-0.39, 0.29) is 4.90 Å². The highest BCUT2D eigenvalue weighted by Gasteiger charge is 2.21. The number of benzene rings is 1. The molecule has 2 aromatic rings. The molecular formula is C12H13F2N5S. The van der Waals surface area contributed by atoms with Gasteiger partial charge in [0.15, 0.2) is 0 Å². The molecule has 1 aliphatic carbocycles. The lowest BCUT2D eigenvalue weighted by Crippen LogP contribution is -2.15. The standard InChI is InChI=1S/C12H13F2N5S/c1-19-12(16-17-18-19)20-11-9(13)4-7(5-10(11)14)6-15-8-2-3-8/h4-5,8,15H,2-3,6H2,1H3. The molecule has 0 aliphatic heterocycles. The Morgan fingerprint density at radius 3 is 2.60 bits per heavy atom. The third-order valence-electron chi connectivity index (χ3n) is 3.00. The smallest absolute Gasteiger partial charge is 0.214 e. The minimum Gasteiger partial charge on any atom is -0.310 e. The van der Waals surface area contributed by atoms with Crippen molar-refractivity contribution in [2.24, 2.45) is 7.05 Å². The van der Waals surface area contributed by atoms with Gasteiger partial charge in [-0.2, -0.15) is 0 Å². The molecule has 1 heterocycles. The van der Waals surface area contributed by atoms with E-state index in [1.165, 1.54) is 16.8 Å². The number of aromatic nitrogens is 4. The number of hydrogen-bond donors (Lipinski definition) is 1. The lowest BCUT2D eigenvalue weighted by molar-refractivity contribution is 0.533. The zero-order valence-corrected chi connectivity index (χ0v) is 11.6. The summed E-state index contributed by atoms with van der Waals surface area (Å²) in [6.07, 6.45) is 2.27. The van der Waals surface area contributed by atoms with Crippen LogP contribution in [0.3, 0.4) is 0 Å². The van der Waals surface area contributed by atoms with Crippen LogP contribution in [0.5, 0.6) is 0 Å². The molecule has 1 N–H and O–H groups in total. The average Bonchev–Trinajstić information content (AvgIpc) is 3.15. The summed E-state index contributed by atoms with van der Waals surface area (Å²) in [5, 5.41) is 14.3. The molecule has 1 aliphatic rings. The third kappa shape index (κ3) is 2.96. The first-order chi connectivity index (χ1) is 9.63. The van der Waals surface area contributed by atoms with Gasteiger partial charge in [0.1, 0.15) is 11.6 Å². The third-order valence-corrected chi connectivity index (χ3v) is 4.13. The number of rotatable bonds is 5. The van der Waals surface area contributed by atoms with E-state index in [1.807, 2.05) is 0 Å². The van der Waals surface area contributed by atoms with Crippen LogP contribution in [-0.2, 0) is 13.6 Å². The molecule has 0 bridgehead atoms. The molecule has 5 nitrogen and oxygen atoms in total. The molecule has 3 rings (SSSR count). The minimum absolute atomic E-state index is 0.0851. The fourth-order valence-corrected chi connectivity index (χ4v) is 2.50. The first kappa shape index (κ1) is 13.4. The Hall–Kier alpha value is -1.54. The van der Waals surface area contributed by atoms with E-state index < -0.39 is 11.6 Å². The van der Waals surface area contributed by atoms with E-state index in [4.69, 9.17) is 0 Å². The van der Waals surface area contributed by atoms with Gasteiger partial charge in [0.05, 0.1) is 4.90 Å². The lowest BCUT2D eigenvalue weighted by Gasteiger charge is -2.08. The van der Waals surface area contributed by atoms with E-state index in [0.29, 0.717) is 23.3 Å². The molecule has 0 unspecified atom stereocenters. The maximum absolute atomic E-state index is 14.0. The topological polar surface area (TPSA) is 55.6 Å². The van der Waals surface area contributed by atoms with E-state index >= 15 is 0 Å². The summed E-state index contributed by atoms with van der Waals surface area (Å²) < 4.78 is 29.4. The van der Waals surface area contributed by atoms with Crippen molar-refractivity contribution in [3.05, 3.63) is 29.3 Å². The van der Waals surface area contributed by atoms with Crippen LogP contribution in [0, 0.1) is 11.6 Å². The largest absolute Gasteiger partial charge is 0.310 e. The molecule has 0 saturated heterocycles. The number of aryl methyl sites for hydroxylation is 1. The number of nitrogens with one attached hydrogen (secondary N) is 1. The van der Waals surface area contributed by atoms with Crippen molar-refractivity contribution in [3.63, 3.8) is 0 Å². The van der Waals surface area contributed by atoms with E-state index in [0.717, 1.165) is 24.6 Å². The Bertz CT molecular complexity index is 603. The Kier molecular flexibility index (Phi) is 3.66. The Morgan fingerprint density at radius 1 is 1.35 bits per heavy atom. The molecule has 1 saturated carbocycles. The van der Waals surface area contributed by atoms with E-state index in [9.17, 15) is 8.78 Å². The maximum Gasteiger partial charge on any atom is 0.214 e. The number of halogens is 2. The van der Waals surface area contributed by atoms with Crippen molar-refractivity contribution in [2.75, 3.05) is 0 Å². The average molecular weight is 297 g/mol. The summed E-state index contributed by atoms with van der Waals surface area (Å²) >= 11 is 0.876. The number of tetrazole rings is 1. The SMILES string of the molecule is Cn1nnnc1Sc1c(F)cc(CNC2CC2)cc1F. The second kappa shape index (κ2) is 5.45. The van der Waals surface area contributed by atoms with Gasteiger partial charge in [-0.15, -0.1) is 5.10 Å². The van der Waals surface area contributed by atoms with Crippen LogP contribution in [0.15, 0.2) is 22.2 Å². The van der Waals surface area contributed by atoms with Crippen molar-refractivity contribution in [1.29, 1.82) is 0 Å². The second-order valence-electron chi connectivity index (χ2n) is 4.73. The van der Waals surface area contributed by atoms with Crippen molar-refractivity contribution in [3.8, 4) is 0 Å². The van der Waals surface area contributed by atoms with Gasteiger partial charge in [0.25, 0.3) is 0 Å². The van der Waals surface area contributed by atoms with Gasteiger partial charge in [0, 0.05) is 19.6 Å². The molecule has 1 aromatic heterocycles. The molecule has 8 heteroatoms. The van der Waals surface area contributed by atoms with Crippen LogP contribution in [0.25, 0.3) is 0 Å². The van der Waals surface area contributed by atoms with Crippen LogP contribution in [-0.4, -0.2) is 26.2 Å². The van der Waals surface area contributed by atoms with Gasteiger partial charge in [-0.1, -0.05) is 0 Å². The van der Waals surface area contributed by atoms with E-state index in [1.54, 1.807) is 7.05 Å². The molecule has 20 heavy (non-hydrogen) atoms. The van der Waals surface area contributed by atoms with Crippen molar-refractivity contribution in [2.45, 2.75) is 35.5 Å². The van der Waals surface area contributed by atoms with Crippen LogP contribution in [0.1, 0.15) is 18.4 Å². The van der Waals surface area contributed by atoms with Gasteiger partial charge in [0.2, 0.25) is 5.16 Å². The molecule has 1 fully saturated rings. The highest BCUT2D eigenvalue weighted by atomic mass is 32.2. The Morgan fingerprint density at radius 2 is 2.05 bits per heavy atom. The molecule has 1 aromatic carbocycles. The summed E-state index contributed by atoms with van der Waals surface area (Å²) in [6, 6.07) is 3.20. The molecule has 0 spiro atoms. The van der Waals surface area contributed by atoms with E-state index in [2.05, 4.69) is 20.8 Å². The first-order valence-corrected chi connectivity index (χ1v) is 7.06. The minimum atomic E-state index is -0.592. The van der Waals surface area contributed by atoms with Crippen LogP contribution in [0.4, 0.5) is 8.78 Å².